The number of nitrogens with two attached hydrogens (primary N) is 1. The lowest BCUT2D eigenvalue weighted by atomic mass is 9.48. The summed E-state index contributed by atoms with van der Waals surface area (Å²) >= 11 is 0. The fraction of sp³-hybridized carbons (Fsp3) is 0.657. The highest BCUT2D eigenvalue weighted by Crippen LogP contribution is 2.66. The molecule has 2 saturated carbocycles. The fourth-order valence-electron chi connectivity index (χ4n) is 8.99. The molecule has 1 unspecified atom stereocenters. The Labute approximate surface area is 297 Å². The van der Waals surface area contributed by atoms with E-state index in [0.717, 1.165) is 28.7 Å². The zero-order chi connectivity index (χ0) is 36.7. The monoisotopic (exact) mass is 711 g/mol. The highest BCUT2D eigenvalue weighted by atomic mass is 16.6. The van der Waals surface area contributed by atoms with Gasteiger partial charge < -0.3 is 51.0 Å². The van der Waals surface area contributed by atoms with Crippen molar-refractivity contribution in [3.8, 4) is 11.5 Å². The molecule has 1 aromatic carbocycles. The number of nitrogens with one attached hydrogen (secondary N) is 5. The minimum absolute atomic E-state index is 0.0365. The molecule has 2 aliphatic heterocycles. The predicted molar refractivity (Wildman–Crippen MR) is 184 cm³/mol. The molecule has 16 heteroatoms. The Hall–Kier alpha value is -4.44. The molecule has 0 radical (unpaired) electrons. The van der Waals surface area contributed by atoms with Crippen molar-refractivity contribution in [2.75, 3.05) is 53.4 Å². The number of aliphatic hydroxyl groups is 1. The average Bonchev–Trinajstić information content (AvgIpc) is 3.81. The minimum Gasteiger partial charge on any atom is -0.477 e. The zero-order valence-corrected chi connectivity index (χ0v) is 29.6. The van der Waals surface area contributed by atoms with Crippen LogP contribution in [-0.2, 0) is 31.0 Å². The molecular formula is C35H51N8O8+. The Bertz CT molecular complexity index is 1620. The van der Waals surface area contributed by atoms with Crippen LogP contribution in [0.15, 0.2) is 12.1 Å². The molecule has 2 heterocycles. The zero-order valence-electron chi connectivity index (χ0n) is 29.6. The molecule has 3 fully saturated rings. The van der Waals surface area contributed by atoms with Crippen LogP contribution in [0, 0.1) is 11.3 Å². The van der Waals surface area contributed by atoms with Gasteiger partial charge >= 0.3 is 6.09 Å². The van der Waals surface area contributed by atoms with Gasteiger partial charge in [-0.2, -0.15) is 0 Å². The third-order valence-electron chi connectivity index (χ3n) is 11.7. The normalized spacial score (nSPS) is 28.7. The molecule has 5 aliphatic rings. The third-order valence-corrected chi connectivity index (χ3v) is 11.7. The Kier molecular flexibility index (Phi) is 9.94. The maximum Gasteiger partial charge on any atom is 0.415 e. The number of ketones is 1. The van der Waals surface area contributed by atoms with Crippen LogP contribution in [0.4, 0.5) is 4.79 Å². The van der Waals surface area contributed by atoms with Crippen molar-refractivity contribution in [3.05, 3.63) is 23.3 Å². The van der Waals surface area contributed by atoms with E-state index in [4.69, 9.17) is 20.6 Å². The number of nitrogens with zero attached hydrogens (tertiary/aromatic N) is 2. The lowest BCUT2D eigenvalue weighted by Gasteiger charge is -2.64. The first-order valence-electron chi connectivity index (χ1n) is 17.9. The molecule has 3 aliphatic carbocycles. The molecular weight excluding hydrogens is 660 g/mol. The number of ether oxygens (including phenoxy) is 2. The average molecular weight is 712 g/mol. The summed E-state index contributed by atoms with van der Waals surface area (Å²) in [6.45, 7) is 3.30. The van der Waals surface area contributed by atoms with Crippen LogP contribution in [0.1, 0.15) is 63.0 Å². The summed E-state index contributed by atoms with van der Waals surface area (Å²) in [5.41, 5.74) is 5.16. The van der Waals surface area contributed by atoms with Gasteiger partial charge in [0.2, 0.25) is 17.7 Å². The smallest absolute Gasteiger partial charge is 0.415 e. The number of likely N-dealkylation sites (N-methyl/N-ethyl adjacent to an activating group) is 2. The summed E-state index contributed by atoms with van der Waals surface area (Å²) in [5.74, 6) is -0.428. The van der Waals surface area contributed by atoms with Crippen molar-refractivity contribution in [2.24, 2.45) is 11.7 Å². The number of amides is 4. The predicted octanol–water partition coefficient (Wildman–Crippen LogP) is -0.605. The largest absolute Gasteiger partial charge is 0.477 e. The highest BCUT2D eigenvalue weighted by molar-refractivity contribution is 5.91. The molecule has 2 bridgehead atoms. The SMILES string of the molecule is CC(=O)NCC(=O)N[C@@H](CCCNC(=N)N)C(=O)NCCN(C)C(=O)Oc1ccc2c3c1O[C@H]1C(=O)CC[C@@]4(O)C(C2)[N@+](C)(CC2CC2)CC[C@]314. The van der Waals surface area contributed by atoms with Crippen molar-refractivity contribution >= 4 is 35.6 Å². The van der Waals surface area contributed by atoms with Gasteiger partial charge in [0.25, 0.3) is 0 Å². The molecule has 278 valence electrons. The lowest BCUT2D eigenvalue weighted by Crippen LogP contribution is -2.80. The fourth-order valence-corrected chi connectivity index (χ4v) is 8.99. The number of carbonyl (C=O) groups excluding carboxylic acids is 5. The molecule has 8 N–H and O–H groups in total. The number of quaternary nitrogens is 1. The van der Waals surface area contributed by atoms with Gasteiger partial charge in [0.1, 0.15) is 17.7 Å². The van der Waals surface area contributed by atoms with Crippen molar-refractivity contribution in [3.63, 3.8) is 0 Å². The Balaban J connectivity index is 1.11. The van der Waals surface area contributed by atoms with Gasteiger partial charge in [-0.25, -0.2) is 4.79 Å². The first-order chi connectivity index (χ1) is 24.2. The van der Waals surface area contributed by atoms with Gasteiger partial charge in [0.05, 0.1) is 32.1 Å². The van der Waals surface area contributed by atoms with Crippen LogP contribution in [0.3, 0.4) is 0 Å². The number of hydrogen-bond donors (Lipinski definition) is 7. The molecule has 0 aromatic heterocycles. The summed E-state index contributed by atoms with van der Waals surface area (Å²) < 4.78 is 13.1. The molecule has 51 heavy (non-hydrogen) atoms. The molecule has 1 aromatic rings. The second-order valence-electron chi connectivity index (χ2n) is 15.2. The van der Waals surface area contributed by atoms with Crippen LogP contribution in [0.2, 0.25) is 0 Å². The summed E-state index contributed by atoms with van der Waals surface area (Å²) in [4.78, 5) is 64.6. The van der Waals surface area contributed by atoms with Crippen molar-refractivity contribution in [2.45, 2.75) is 87.5 Å². The van der Waals surface area contributed by atoms with Crippen LogP contribution in [0.25, 0.3) is 0 Å². The Morgan fingerprint density at radius 3 is 2.65 bits per heavy atom. The van der Waals surface area contributed by atoms with E-state index in [-0.39, 0.29) is 61.9 Å². The van der Waals surface area contributed by atoms with Crippen LogP contribution in [0.5, 0.6) is 11.5 Å². The van der Waals surface area contributed by atoms with E-state index in [0.29, 0.717) is 43.9 Å². The molecule has 16 nitrogen and oxygen atoms in total. The molecule has 6 atom stereocenters. The maximum absolute atomic E-state index is 13.4. The molecule has 4 amide bonds. The standard InChI is InChI=1S/C35H50N8O8/c1-20(44)40-18-27(46)41-23(5-4-13-39-32(36)37)31(47)38-14-15-42(2)33(48)50-25-9-8-22-17-26-35(49)11-10-24(45)30-34(35,28(22)29(25)51-30)12-16-43(26,3)19-21-6-7-21/h8-9,21,23,26,30,49H,4-7,10-19H2,1-3H3,(H6-,36,37,38,39,40,41,44,46,47)/p+1/t23-,26?,30-,34-,35+,43-/m0/s1. The van der Waals surface area contributed by atoms with Crippen molar-refractivity contribution in [1.82, 2.24) is 26.2 Å². The second-order valence-corrected chi connectivity index (χ2v) is 15.2. The topological polar surface area (TPSA) is 225 Å². The van der Waals surface area contributed by atoms with E-state index in [1.807, 2.05) is 6.07 Å². The number of hydrogen-bond acceptors (Lipinski definition) is 9. The Morgan fingerprint density at radius 1 is 1.18 bits per heavy atom. The van der Waals surface area contributed by atoms with Gasteiger partial charge in [0, 0.05) is 64.3 Å². The summed E-state index contributed by atoms with van der Waals surface area (Å²) in [7, 11) is 3.78. The highest BCUT2D eigenvalue weighted by Gasteiger charge is 2.76. The lowest BCUT2D eigenvalue weighted by molar-refractivity contribution is -0.950. The van der Waals surface area contributed by atoms with E-state index >= 15 is 0 Å². The van der Waals surface area contributed by atoms with Crippen LogP contribution >= 0.6 is 0 Å². The van der Waals surface area contributed by atoms with Crippen LogP contribution in [-0.4, -0.2) is 127 Å². The van der Waals surface area contributed by atoms with Gasteiger partial charge in [-0.15, -0.1) is 0 Å². The number of likely N-dealkylation sites (tertiary alicyclic amines) is 1. The summed E-state index contributed by atoms with van der Waals surface area (Å²) in [6, 6.07) is 2.67. The molecule has 1 spiro atoms. The van der Waals surface area contributed by atoms with Crippen molar-refractivity contribution < 1.29 is 43.0 Å². The number of rotatable bonds is 14. The number of benzene rings is 1. The van der Waals surface area contributed by atoms with E-state index in [1.165, 1.54) is 31.7 Å². The number of carbonyl (C=O) groups is 5. The second kappa shape index (κ2) is 13.9. The van der Waals surface area contributed by atoms with Gasteiger partial charge in [-0.1, -0.05) is 6.07 Å². The summed E-state index contributed by atoms with van der Waals surface area (Å²) in [5, 5.41) is 30.3. The minimum atomic E-state index is -1.12. The van der Waals surface area contributed by atoms with E-state index in [1.54, 1.807) is 6.07 Å². The van der Waals surface area contributed by atoms with E-state index in [2.05, 4.69) is 28.3 Å². The van der Waals surface area contributed by atoms with Crippen LogP contribution < -0.4 is 36.5 Å². The van der Waals surface area contributed by atoms with E-state index in [9.17, 15) is 29.1 Å². The molecule has 6 rings (SSSR count). The van der Waals surface area contributed by atoms with Gasteiger partial charge in [-0.3, -0.25) is 24.6 Å². The van der Waals surface area contributed by atoms with Crippen molar-refractivity contribution in [1.29, 1.82) is 5.41 Å². The number of guanidine groups is 1. The summed E-state index contributed by atoms with van der Waals surface area (Å²) in [6.07, 6.45) is 3.47. The first-order valence-corrected chi connectivity index (χ1v) is 17.9. The molecule has 1 saturated heterocycles. The maximum atomic E-state index is 13.4. The number of piperidine rings is 1. The van der Waals surface area contributed by atoms with E-state index < -0.39 is 41.1 Å². The van der Waals surface area contributed by atoms with Gasteiger partial charge in [-0.05, 0) is 43.7 Å². The third kappa shape index (κ3) is 6.82. The quantitative estimate of drug-likeness (QED) is 0.0561. The van der Waals surface area contributed by atoms with Gasteiger partial charge in [0.15, 0.2) is 29.3 Å². The Morgan fingerprint density at radius 2 is 1.94 bits per heavy atom. The first kappa shape index (κ1) is 36.4. The number of Topliss-reactive ketones (excluding diaryl/α,β-unsaturated/α-hetero) is 1.